The van der Waals surface area contributed by atoms with Gasteiger partial charge in [0.15, 0.2) is 0 Å². The van der Waals surface area contributed by atoms with Gasteiger partial charge in [0, 0.05) is 37.6 Å². The molecule has 2 aromatic rings. The molecule has 0 radical (unpaired) electrons. The molecule has 1 heterocycles. The number of ether oxygens (including phenoxy) is 1. The van der Waals surface area contributed by atoms with E-state index >= 15 is 0 Å². The molecule has 1 aliphatic heterocycles. The van der Waals surface area contributed by atoms with Gasteiger partial charge < -0.3 is 20.1 Å². The molecule has 0 aromatic heterocycles. The van der Waals surface area contributed by atoms with Crippen LogP contribution in [0.3, 0.4) is 0 Å². The zero-order valence-electron chi connectivity index (χ0n) is 15.4. The lowest BCUT2D eigenvalue weighted by molar-refractivity contribution is 0.122. The number of aliphatic hydroxyl groups excluding tert-OH is 1. The van der Waals surface area contributed by atoms with Gasteiger partial charge in [0.1, 0.15) is 0 Å². The quantitative estimate of drug-likeness (QED) is 0.815. The normalized spacial score (nSPS) is 13.8. The molecule has 0 bridgehead atoms. The number of anilines is 2. The first-order valence-corrected chi connectivity index (χ1v) is 9.00. The Morgan fingerprint density at radius 3 is 2.04 bits per heavy atom. The summed E-state index contributed by atoms with van der Waals surface area (Å²) in [6, 6.07) is 16.9. The zero-order chi connectivity index (χ0) is 17.9. The molecule has 25 heavy (non-hydrogen) atoms. The summed E-state index contributed by atoms with van der Waals surface area (Å²) in [6.45, 7) is 9.01. The predicted octanol–water partition coefficient (Wildman–Crippen LogP) is 3.62. The lowest BCUT2D eigenvalue weighted by Crippen LogP contribution is -2.36. The number of benzene rings is 2. The van der Waals surface area contributed by atoms with E-state index in [9.17, 15) is 0 Å². The summed E-state index contributed by atoms with van der Waals surface area (Å²) in [5.74, 6) is 0. The van der Waals surface area contributed by atoms with Crippen molar-refractivity contribution in [3.8, 4) is 0 Å². The van der Waals surface area contributed by atoms with E-state index in [1.165, 1.54) is 16.8 Å². The lowest BCUT2D eigenvalue weighted by Gasteiger charge is -2.28. The Balaban J connectivity index is 0.000000181. The van der Waals surface area contributed by atoms with Crippen molar-refractivity contribution in [3.05, 3.63) is 59.7 Å². The largest absolute Gasteiger partial charge is 0.396 e. The standard InChI is InChI=1S/C11H15NO.C10H15NO/c1-10-2-4-11(5-3-10)12-6-8-13-9-7-12;1-9-3-5-10(6-4-9)11-7-2-8-12/h2-5H,6-9H2,1H3;3-6,11-12H,2,7-8H2,1H3. The second-order valence-electron chi connectivity index (χ2n) is 6.30. The molecule has 1 aliphatic rings. The summed E-state index contributed by atoms with van der Waals surface area (Å²) < 4.78 is 5.30. The molecule has 1 fully saturated rings. The maximum Gasteiger partial charge on any atom is 0.0642 e. The van der Waals surface area contributed by atoms with Crippen molar-refractivity contribution < 1.29 is 9.84 Å². The molecule has 0 saturated carbocycles. The Kier molecular flexibility index (Phi) is 8.29. The third kappa shape index (κ3) is 7.16. The third-order valence-corrected chi connectivity index (χ3v) is 4.13. The van der Waals surface area contributed by atoms with Gasteiger partial charge in [-0.05, 0) is 44.5 Å². The average Bonchev–Trinajstić information content (AvgIpc) is 2.65. The maximum absolute atomic E-state index is 8.55. The molecule has 4 heteroatoms. The van der Waals surface area contributed by atoms with E-state index in [-0.39, 0.29) is 6.61 Å². The van der Waals surface area contributed by atoms with Crippen LogP contribution in [0.15, 0.2) is 48.5 Å². The highest BCUT2D eigenvalue weighted by molar-refractivity contribution is 5.47. The number of hydrogen-bond donors (Lipinski definition) is 2. The summed E-state index contributed by atoms with van der Waals surface area (Å²) in [7, 11) is 0. The van der Waals surface area contributed by atoms with Crippen molar-refractivity contribution in [1.82, 2.24) is 0 Å². The number of nitrogens with zero attached hydrogens (tertiary/aromatic N) is 1. The van der Waals surface area contributed by atoms with E-state index in [0.29, 0.717) is 0 Å². The summed E-state index contributed by atoms with van der Waals surface area (Å²) in [6.07, 6.45) is 0.799. The lowest BCUT2D eigenvalue weighted by atomic mass is 10.2. The molecular weight excluding hydrogens is 312 g/mol. The fourth-order valence-corrected chi connectivity index (χ4v) is 2.56. The Hall–Kier alpha value is -2.04. The maximum atomic E-state index is 8.55. The van der Waals surface area contributed by atoms with E-state index in [2.05, 4.69) is 60.5 Å². The number of nitrogens with one attached hydrogen (secondary N) is 1. The van der Waals surface area contributed by atoms with Crippen molar-refractivity contribution in [2.24, 2.45) is 0 Å². The number of hydrogen-bond acceptors (Lipinski definition) is 4. The first-order valence-electron chi connectivity index (χ1n) is 9.00. The van der Waals surface area contributed by atoms with Crippen LogP contribution in [0.4, 0.5) is 11.4 Å². The summed E-state index contributed by atoms with van der Waals surface area (Å²) >= 11 is 0. The monoisotopic (exact) mass is 342 g/mol. The second kappa shape index (κ2) is 10.7. The van der Waals surface area contributed by atoms with Crippen LogP contribution in [0.25, 0.3) is 0 Å². The minimum atomic E-state index is 0.249. The fourth-order valence-electron chi connectivity index (χ4n) is 2.56. The number of rotatable bonds is 5. The van der Waals surface area contributed by atoms with E-state index in [4.69, 9.17) is 9.84 Å². The van der Waals surface area contributed by atoms with Gasteiger partial charge in [-0.15, -0.1) is 0 Å². The van der Waals surface area contributed by atoms with Crippen LogP contribution in [-0.2, 0) is 4.74 Å². The van der Waals surface area contributed by atoms with Crippen LogP contribution in [0, 0.1) is 13.8 Å². The molecule has 1 saturated heterocycles. The second-order valence-corrected chi connectivity index (χ2v) is 6.30. The van der Waals surface area contributed by atoms with Crippen molar-refractivity contribution in [2.45, 2.75) is 20.3 Å². The zero-order valence-corrected chi connectivity index (χ0v) is 15.4. The summed E-state index contributed by atoms with van der Waals surface area (Å²) in [5, 5.41) is 11.8. The Morgan fingerprint density at radius 1 is 0.920 bits per heavy atom. The molecule has 0 atom stereocenters. The topological polar surface area (TPSA) is 44.7 Å². The molecule has 2 N–H and O–H groups in total. The first kappa shape index (κ1) is 19.3. The van der Waals surface area contributed by atoms with Crippen molar-refractivity contribution in [1.29, 1.82) is 0 Å². The summed E-state index contributed by atoms with van der Waals surface area (Å²) in [5.41, 5.74) is 5.02. The number of aryl methyl sites for hydroxylation is 2. The molecular formula is C21H30N2O2. The molecule has 3 rings (SSSR count). The van der Waals surface area contributed by atoms with E-state index < -0.39 is 0 Å². The van der Waals surface area contributed by atoms with Gasteiger partial charge in [-0.2, -0.15) is 0 Å². The van der Waals surface area contributed by atoms with Gasteiger partial charge in [0.2, 0.25) is 0 Å². The van der Waals surface area contributed by atoms with Gasteiger partial charge >= 0.3 is 0 Å². The van der Waals surface area contributed by atoms with Gasteiger partial charge in [-0.3, -0.25) is 0 Å². The highest BCUT2D eigenvalue weighted by Gasteiger charge is 2.09. The van der Waals surface area contributed by atoms with Gasteiger partial charge in [0.25, 0.3) is 0 Å². The smallest absolute Gasteiger partial charge is 0.0642 e. The van der Waals surface area contributed by atoms with Gasteiger partial charge in [-0.25, -0.2) is 0 Å². The molecule has 0 unspecified atom stereocenters. The van der Waals surface area contributed by atoms with E-state index in [1.54, 1.807) is 0 Å². The molecule has 0 amide bonds. The molecule has 0 spiro atoms. The predicted molar refractivity (Wildman–Crippen MR) is 106 cm³/mol. The minimum Gasteiger partial charge on any atom is -0.396 e. The van der Waals surface area contributed by atoms with Gasteiger partial charge in [-0.1, -0.05) is 35.4 Å². The minimum absolute atomic E-state index is 0.249. The number of aliphatic hydroxyl groups is 1. The Bertz CT molecular complexity index is 590. The highest BCUT2D eigenvalue weighted by atomic mass is 16.5. The van der Waals surface area contributed by atoms with Crippen LogP contribution in [0.5, 0.6) is 0 Å². The summed E-state index contributed by atoms with van der Waals surface area (Å²) in [4.78, 5) is 2.36. The molecule has 2 aromatic carbocycles. The third-order valence-electron chi connectivity index (χ3n) is 4.13. The Morgan fingerprint density at radius 2 is 1.48 bits per heavy atom. The van der Waals surface area contributed by atoms with Crippen LogP contribution < -0.4 is 10.2 Å². The van der Waals surface area contributed by atoms with Crippen molar-refractivity contribution >= 4 is 11.4 Å². The average molecular weight is 342 g/mol. The van der Waals surface area contributed by atoms with E-state index in [0.717, 1.165) is 45.0 Å². The SMILES string of the molecule is Cc1ccc(N2CCOCC2)cc1.Cc1ccc(NCCCO)cc1. The van der Waals surface area contributed by atoms with Crippen LogP contribution >= 0.6 is 0 Å². The Labute approximate surface area is 151 Å². The molecule has 0 aliphatic carbocycles. The fraction of sp³-hybridized carbons (Fsp3) is 0.429. The van der Waals surface area contributed by atoms with Crippen LogP contribution in [0.2, 0.25) is 0 Å². The molecule has 136 valence electrons. The molecule has 4 nitrogen and oxygen atoms in total. The van der Waals surface area contributed by atoms with Crippen LogP contribution in [0.1, 0.15) is 17.5 Å². The number of morpholine rings is 1. The van der Waals surface area contributed by atoms with Gasteiger partial charge in [0.05, 0.1) is 13.2 Å². The van der Waals surface area contributed by atoms with E-state index in [1.807, 2.05) is 12.1 Å². The van der Waals surface area contributed by atoms with Crippen molar-refractivity contribution in [2.75, 3.05) is 49.7 Å². The van der Waals surface area contributed by atoms with Crippen LogP contribution in [-0.4, -0.2) is 44.6 Å². The van der Waals surface area contributed by atoms with Crippen molar-refractivity contribution in [3.63, 3.8) is 0 Å². The highest BCUT2D eigenvalue weighted by Crippen LogP contribution is 2.15. The first-order chi connectivity index (χ1) is 12.2.